The molecule has 6 heteroatoms. The number of para-hydroxylation sites is 1. The molecule has 2 aromatic rings. The van der Waals surface area contributed by atoms with E-state index < -0.39 is 0 Å². The Balaban J connectivity index is 1.38. The Morgan fingerprint density at radius 3 is 2.66 bits per heavy atom. The van der Waals surface area contributed by atoms with Crippen LogP contribution in [0.1, 0.15) is 17.5 Å². The average Bonchev–Trinajstić information content (AvgIpc) is 2.73. The normalized spacial score (nSPS) is 15.5. The van der Waals surface area contributed by atoms with Crippen molar-refractivity contribution in [1.82, 2.24) is 4.90 Å². The highest BCUT2D eigenvalue weighted by Gasteiger charge is 2.16. The van der Waals surface area contributed by atoms with Gasteiger partial charge in [0.1, 0.15) is 0 Å². The smallest absolute Gasteiger partial charge is 0.193 e. The number of rotatable bonds is 8. The molecule has 0 aromatic heterocycles. The summed E-state index contributed by atoms with van der Waals surface area (Å²) in [4.78, 5) is 9.47. The molecule has 1 aliphatic heterocycles. The van der Waals surface area contributed by atoms with Gasteiger partial charge in [-0.05, 0) is 37.1 Å². The molecular formula is C23H33N5O. The van der Waals surface area contributed by atoms with Gasteiger partial charge < -0.3 is 20.7 Å². The van der Waals surface area contributed by atoms with E-state index in [-0.39, 0.29) is 0 Å². The third-order valence-electron chi connectivity index (χ3n) is 5.23. The summed E-state index contributed by atoms with van der Waals surface area (Å²) in [6.45, 7) is 8.81. The van der Waals surface area contributed by atoms with Crippen molar-refractivity contribution in [2.75, 3.05) is 56.6 Å². The fourth-order valence-electron chi connectivity index (χ4n) is 3.65. The highest BCUT2D eigenvalue weighted by atomic mass is 16.5. The first-order chi connectivity index (χ1) is 14.2. The van der Waals surface area contributed by atoms with Crippen molar-refractivity contribution in [2.45, 2.75) is 20.0 Å². The molecule has 3 rings (SSSR count). The predicted octanol–water partition coefficient (Wildman–Crippen LogP) is 3.08. The highest BCUT2D eigenvalue weighted by Crippen LogP contribution is 2.18. The first-order valence-corrected chi connectivity index (χ1v) is 10.3. The van der Waals surface area contributed by atoms with Crippen LogP contribution in [0.3, 0.4) is 0 Å². The van der Waals surface area contributed by atoms with Crippen molar-refractivity contribution in [3.05, 3.63) is 59.7 Å². The molecule has 0 radical (unpaired) electrons. The number of nitrogens with one attached hydrogen (secondary N) is 1. The summed E-state index contributed by atoms with van der Waals surface area (Å²) in [6.07, 6.45) is 1.01. The molecule has 3 N–H and O–H groups in total. The van der Waals surface area contributed by atoms with Gasteiger partial charge in [0.2, 0.25) is 0 Å². The van der Waals surface area contributed by atoms with Gasteiger partial charge >= 0.3 is 0 Å². The summed E-state index contributed by atoms with van der Waals surface area (Å²) in [5, 5.41) is 3.19. The summed E-state index contributed by atoms with van der Waals surface area (Å²) in [5.74, 6) is 0.456. The summed E-state index contributed by atoms with van der Waals surface area (Å²) >= 11 is 0. The van der Waals surface area contributed by atoms with Crippen molar-refractivity contribution >= 4 is 17.3 Å². The van der Waals surface area contributed by atoms with E-state index in [4.69, 9.17) is 10.5 Å². The van der Waals surface area contributed by atoms with Crippen molar-refractivity contribution < 1.29 is 4.74 Å². The van der Waals surface area contributed by atoms with Crippen molar-refractivity contribution in [3.63, 3.8) is 0 Å². The molecule has 0 aliphatic carbocycles. The number of methoxy groups -OCH3 is 1. The summed E-state index contributed by atoms with van der Waals surface area (Å²) in [6, 6.07) is 16.7. The molecule has 1 fully saturated rings. The number of aryl methyl sites for hydroxylation is 1. The number of nitrogens with zero attached hydrogens (tertiary/aromatic N) is 3. The van der Waals surface area contributed by atoms with Crippen LogP contribution in [0.15, 0.2) is 53.5 Å². The van der Waals surface area contributed by atoms with E-state index in [1.165, 1.54) is 11.3 Å². The van der Waals surface area contributed by atoms with Gasteiger partial charge in [0, 0.05) is 63.3 Å². The largest absolute Gasteiger partial charge is 0.380 e. The lowest BCUT2D eigenvalue weighted by Crippen LogP contribution is -2.46. The van der Waals surface area contributed by atoms with Crippen LogP contribution in [-0.2, 0) is 11.3 Å². The fourth-order valence-corrected chi connectivity index (χ4v) is 3.65. The van der Waals surface area contributed by atoms with Gasteiger partial charge in [-0.15, -0.1) is 0 Å². The first kappa shape index (κ1) is 21.1. The van der Waals surface area contributed by atoms with Gasteiger partial charge in [0.15, 0.2) is 5.96 Å². The Bertz CT molecular complexity index is 799. The number of piperazine rings is 1. The summed E-state index contributed by atoms with van der Waals surface area (Å²) in [7, 11) is 1.69. The molecule has 0 amide bonds. The zero-order valence-electron chi connectivity index (χ0n) is 17.6. The Morgan fingerprint density at radius 2 is 1.90 bits per heavy atom. The zero-order chi connectivity index (χ0) is 20.5. The van der Waals surface area contributed by atoms with Crippen molar-refractivity contribution in [1.29, 1.82) is 0 Å². The molecule has 0 saturated carbocycles. The lowest BCUT2D eigenvalue weighted by molar-refractivity contribution is 0.185. The average molecular weight is 396 g/mol. The van der Waals surface area contributed by atoms with Crippen LogP contribution < -0.4 is 16.0 Å². The molecule has 1 aliphatic rings. The molecule has 0 spiro atoms. The fraction of sp³-hybridized carbons (Fsp3) is 0.435. The maximum Gasteiger partial charge on any atom is 0.193 e. The van der Waals surface area contributed by atoms with Crippen LogP contribution >= 0.6 is 0 Å². The number of nitrogens with two attached hydrogens (primary N) is 1. The minimum atomic E-state index is 0.456. The Hall–Kier alpha value is -2.57. The maximum atomic E-state index is 6.06. The second-order valence-corrected chi connectivity index (χ2v) is 7.50. The maximum absolute atomic E-state index is 6.06. The second-order valence-electron chi connectivity index (χ2n) is 7.50. The van der Waals surface area contributed by atoms with E-state index in [1.807, 2.05) is 24.3 Å². The van der Waals surface area contributed by atoms with Crippen LogP contribution in [0, 0.1) is 6.92 Å². The zero-order valence-corrected chi connectivity index (χ0v) is 17.6. The highest BCUT2D eigenvalue weighted by molar-refractivity contribution is 5.92. The molecule has 1 saturated heterocycles. The molecule has 0 bridgehead atoms. The number of hydrogen-bond acceptors (Lipinski definition) is 4. The van der Waals surface area contributed by atoms with Gasteiger partial charge in [0.25, 0.3) is 0 Å². The van der Waals surface area contributed by atoms with Gasteiger partial charge in [-0.2, -0.15) is 0 Å². The number of ether oxygens (including phenoxy) is 1. The Labute approximate surface area is 174 Å². The van der Waals surface area contributed by atoms with Crippen LogP contribution in [0.4, 0.5) is 11.4 Å². The first-order valence-electron chi connectivity index (χ1n) is 10.3. The predicted molar refractivity (Wildman–Crippen MR) is 122 cm³/mol. The van der Waals surface area contributed by atoms with Gasteiger partial charge in [-0.1, -0.05) is 30.3 Å². The standard InChI is InChI=1S/C23H33N5O/c1-19-7-5-9-21(17-19)28-15-13-27(14-16-28)12-6-11-25-23(24)26-22-10-4-3-8-20(22)18-29-2/h3-5,7-10,17H,6,11-16,18H2,1-2H3,(H3,24,25,26). The third kappa shape index (κ3) is 6.48. The Kier molecular flexibility index (Phi) is 7.90. The number of benzene rings is 2. The molecular weight excluding hydrogens is 362 g/mol. The number of hydrogen-bond donors (Lipinski definition) is 2. The van der Waals surface area contributed by atoms with Crippen molar-refractivity contribution in [3.8, 4) is 0 Å². The van der Waals surface area contributed by atoms with Crippen LogP contribution in [0.5, 0.6) is 0 Å². The number of anilines is 2. The molecule has 29 heavy (non-hydrogen) atoms. The molecule has 0 unspecified atom stereocenters. The third-order valence-corrected chi connectivity index (χ3v) is 5.23. The number of aliphatic imine (C=N–C) groups is 1. The van der Waals surface area contributed by atoms with Gasteiger partial charge in [-0.3, -0.25) is 9.89 Å². The molecule has 156 valence electrons. The Morgan fingerprint density at radius 1 is 1.10 bits per heavy atom. The van der Waals surface area contributed by atoms with E-state index >= 15 is 0 Å². The number of guanidine groups is 1. The quantitative estimate of drug-likeness (QED) is 0.408. The summed E-state index contributed by atoms with van der Waals surface area (Å²) in [5.41, 5.74) is 10.7. The topological polar surface area (TPSA) is 66.1 Å². The van der Waals surface area contributed by atoms with E-state index in [9.17, 15) is 0 Å². The van der Waals surface area contributed by atoms with E-state index in [2.05, 4.69) is 51.3 Å². The van der Waals surface area contributed by atoms with Crippen LogP contribution in [-0.4, -0.2) is 57.2 Å². The lowest BCUT2D eigenvalue weighted by atomic mass is 10.2. The SMILES string of the molecule is COCc1ccccc1NC(N)=NCCCN1CCN(c2cccc(C)c2)CC1. The monoisotopic (exact) mass is 395 g/mol. The molecule has 0 atom stereocenters. The van der Waals surface area contributed by atoms with E-state index in [0.717, 1.165) is 56.9 Å². The molecule has 1 heterocycles. The van der Waals surface area contributed by atoms with Crippen LogP contribution in [0.25, 0.3) is 0 Å². The second kappa shape index (κ2) is 10.8. The van der Waals surface area contributed by atoms with Gasteiger partial charge in [-0.25, -0.2) is 0 Å². The molecule has 2 aromatic carbocycles. The van der Waals surface area contributed by atoms with E-state index in [1.54, 1.807) is 7.11 Å². The van der Waals surface area contributed by atoms with Gasteiger partial charge in [0.05, 0.1) is 6.61 Å². The molecule has 6 nitrogen and oxygen atoms in total. The van der Waals surface area contributed by atoms with E-state index in [0.29, 0.717) is 12.6 Å². The minimum Gasteiger partial charge on any atom is -0.380 e. The minimum absolute atomic E-state index is 0.456. The van der Waals surface area contributed by atoms with Crippen LogP contribution in [0.2, 0.25) is 0 Å². The lowest BCUT2D eigenvalue weighted by Gasteiger charge is -2.36. The summed E-state index contributed by atoms with van der Waals surface area (Å²) < 4.78 is 5.23. The van der Waals surface area contributed by atoms with Crippen molar-refractivity contribution in [2.24, 2.45) is 10.7 Å².